The fourth-order valence-corrected chi connectivity index (χ4v) is 3.44. The summed E-state index contributed by atoms with van der Waals surface area (Å²) in [4.78, 5) is 0. The highest BCUT2D eigenvalue weighted by Crippen LogP contribution is 2.45. The van der Waals surface area contributed by atoms with Crippen LogP contribution < -0.4 is 5.32 Å². The Balaban J connectivity index is 2.06. The second kappa shape index (κ2) is 5.05. The zero-order valence-electron chi connectivity index (χ0n) is 11.1. The van der Waals surface area contributed by atoms with Crippen molar-refractivity contribution in [3.05, 3.63) is 0 Å². The van der Waals surface area contributed by atoms with E-state index in [-0.39, 0.29) is 5.60 Å². The predicted octanol–water partition coefficient (Wildman–Crippen LogP) is 2.97. The van der Waals surface area contributed by atoms with Gasteiger partial charge < -0.3 is 10.1 Å². The molecule has 0 saturated heterocycles. The average Bonchev–Trinajstić information content (AvgIpc) is 3.08. The maximum absolute atomic E-state index is 6.21. The van der Waals surface area contributed by atoms with Crippen molar-refractivity contribution in [1.29, 1.82) is 0 Å². The molecule has 2 fully saturated rings. The molecule has 0 aromatic carbocycles. The van der Waals surface area contributed by atoms with E-state index in [0.29, 0.717) is 6.04 Å². The number of rotatable bonds is 5. The van der Waals surface area contributed by atoms with Crippen LogP contribution in [0.4, 0.5) is 0 Å². The van der Waals surface area contributed by atoms with Gasteiger partial charge in [0.2, 0.25) is 0 Å². The van der Waals surface area contributed by atoms with Crippen LogP contribution in [0.15, 0.2) is 0 Å². The molecule has 2 saturated carbocycles. The highest BCUT2D eigenvalue weighted by molar-refractivity contribution is 5.02. The quantitative estimate of drug-likeness (QED) is 0.776. The monoisotopic (exact) mass is 225 g/mol. The third-order valence-electron chi connectivity index (χ3n) is 4.52. The minimum Gasteiger partial charge on any atom is -0.374 e. The van der Waals surface area contributed by atoms with Crippen LogP contribution in [0.5, 0.6) is 0 Å². The van der Waals surface area contributed by atoms with Crippen LogP contribution in [0.3, 0.4) is 0 Å². The molecule has 94 valence electrons. The molecule has 2 aliphatic carbocycles. The molecule has 1 atom stereocenters. The lowest BCUT2D eigenvalue weighted by Crippen LogP contribution is -2.54. The van der Waals surface area contributed by atoms with Crippen molar-refractivity contribution in [2.24, 2.45) is 11.8 Å². The molecule has 0 radical (unpaired) electrons. The lowest BCUT2D eigenvalue weighted by atomic mass is 9.74. The molecule has 0 bridgehead atoms. The molecule has 2 heteroatoms. The van der Waals surface area contributed by atoms with Gasteiger partial charge in [-0.1, -0.05) is 6.92 Å². The summed E-state index contributed by atoms with van der Waals surface area (Å²) < 4.78 is 6.21. The Morgan fingerprint density at radius 2 is 1.88 bits per heavy atom. The average molecular weight is 225 g/mol. The molecular weight excluding hydrogens is 198 g/mol. The largest absolute Gasteiger partial charge is 0.374 e. The zero-order valence-corrected chi connectivity index (χ0v) is 11.1. The molecule has 2 aliphatic rings. The normalized spacial score (nSPS) is 37.3. The van der Waals surface area contributed by atoms with Crippen molar-refractivity contribution in [2.45, 2.75) is 64.0 Å². The summed E-state index contributed by atoms with van der Waals surface area (Å²) in [5, 5.41) is 3.55. The Morgan fingerprint density at radius 1 is 1.25 bits per heavy atom. The van der Waals surface area contributed by atoms with Gasteiger partial charge in [0.05, 0.1) is 5.60 Å². The molecule has 0 aliphatic heterocycles. The summed E-state index contributed by atoms with van der Waals surface area (Å²) in [6.07, 6.45) is 7.98. The highest BCUT2D eigenvalue weighted by atomic mass is 16.5. The van der Waals surface area contributed by atoms with Crippen LogP contribution in [0.1, 0.15) is 52.4 Å². The molecular formula is C14H27NO. The molecule has 16 heavy (non-hydrogen) atoms. The molecule has 0 aromatic heterocycles. The maximum atomic E-state index is 6.21. The number of hydrogen-bond acceptors (Lipinski definition) is 2. The van der Waals surface area contributed by atoms with Gasteiger partial charge in [-0.2, -0.15) is 0 Å². The molecule has 0 heterocycles. The Bertz CT molecular complexity index is 217. The smallest absolute Gasteiger partial charge is 0.0837 e. The van der Waals surface area contributed by atoms with Gasteiger partial charge in [-0.15, -0.1) is 0 Å². The maximum Gasteiger partial charge on any atom is 0.0837 e. The van der Waals surface area contributed by atoms with Crippen molar-refractivity contribution in [1.82, 2.24) is 5.32 Å². The number of nitrogens with one attached hydrogen (secondary N) is 1. The lowest BCUT2D eigenvalue weighted by Gasteiger charge is -2.45. The fraction of sp³-hybridized carbons (Fsp3) is 1.00. The van der Waals surface area contributed by atoms with E-state index in [0.717, 1.165) is 18.4 Å². The van der Waals surface area contributed by atoms with Crippen LogP contribution in [0.2, 0.25) is 0 Å². The van der Waals surface area contributed by atoms with E-state index >= 15 is 0 Å². The van der Waals surface area contributed by atoms with Gasteiger partial charge in [-0.25, -0.2) is 0 Å². The second-order valence-corrected chi connectivity index (χ2v) is 5.78. The van der Waals surface area contributed by atoms with Gasteiger partial charge in [-0.05, 0) is 64.3 Å². The van der Waals surface area contributed by atoms with Crippen LogP contribution in [0, 0.1) is 11.8 Å². The molecule has 1 N–H and O–H groups in total. The van der Waals surface area contributed by atoms with E-state index in [1.165, 1.54) is 38.5 Å². The molecule has 2 rings (SSSR count). The first-order valence-electron chi connectivity index (χ1n) is 7.03. The van der Waals surface area contributed by atoms with E-state index in [1.54, 1.807) is 0 Å². The van der Waals surface area contributed by atoms with Crippen LogP contribution in [0.25, 0.3) is 0 Å². The van der Waals surface area contributed by atoms with Crippen LogP contribution in [-0.4, -0.2) is 25.3 Å². The molecule has 0 amide bonds. The Morgan fingerprint density at radius 3 is 2.31 bits per heavy atom. The van der Waals surface area contributed by atoms with Crippen molar-refractivity contribution >= 4 is 0 Å². The Kier molecular flexibility index (Phi) is 3.91. The minimum atomic E-state index is 0.150. The lowest BCUT2D eigenvalue weighted by molar-refractivity contribution is -0.0993. The van der Waals surface area contributed by atoms with Crippen molar-refractivity contribution < 1.29 is 4.74 Å². The standard InChI is InChI=1S/C14H27NO/c1-4-16-14(9-7-11(2)8-10-14)13(15-3)12-5-6-12/h11-13,15H,4-10H2,1-3H3. The summed E-state index contributed by atoms with van der Waals surface area (Å²) in [5.41, 5.74) is 0.150. The molecule has 0 spiro atoms. The van der Waals surface area contributed by atoms with Gasteiger partial charge in [0.1, 0.15) is 0 Å². The van der Waals surface area contributed by atoms with Crippen LogP contribution in [-0.2, 0) is 4.74 Å². The third kappa shape index (κ3) is 2.43. The van der Waals surface area contributed by atoms with E-state index in [4.69, 9.17) is 4.74 Å². The third-order valence-corrected chi connectivity index (χ3v) is 4.52. The summed E-state index contributed by atoms with van der Waals surface area (Å²) in [6.45, 7) is 5.38. The SMILES string of the molecule is CCOC1(C(NC)C2CC2)CCC(C)CC1. The summed E-state index contributed by atoms with van der Waals surface area (Å²) >= 11 is 0. The molecule has 0 aromatic rings. The summed E-state index contributed by atoms with van der Waals surface area (Å²) in [5.74, 6) is 1.77. The first kappa shape index (κ1) is 12.4. The van der Waals surface area contributed by atoms with E-state index in [1.807, 2.05) is 0 Å². The predicted molar refractivity (Wildman–Crippen MR) is 67.6 cm³/mol. The van der Waals surface area contributed by atoms with Gasteiger partial charge in [0.15, 0.2) is 0 Å². The van der Waals surface area contributed by atoms with Gasteiger partial charge in [0, 0.05) is 12.6 Å². The molecule has 2 nitrogen and oxygen atoms in total. The summed E-state index contributed by atoms with van der Waals surface area (Å²) in [7, 11) is 2.11. The first-order chi connectivity index (χ1) is 7.72. The van der Waals surface area contributed by atoms with Gasteiger partial charge in [0.25, 0.3) is 0 Å². The Hall–Kier alpha value is -0.0800. The minimum absolute atomic E-state index is 0.150. The topological polar surface area (TPSA) is 21.3 Å². The highest BCUT2D eigenvalue weighted by Gasteiger charge is 2.47. The van der Waals surface area contributed by atoms with E-state index in [9.17, 15) is 0 Å². The first-order valence-corrected chi connectivity index (χ1v) is 7.03. The van der Waals surface area contributed by atoms with Crippen molar-refractivity contribution in [3.8, 4) is 0 Å². The van der Waals surface area contributed by atoms with E-state index < -0.39 is 0 Å². The fourth-order valence-electron chi connectivity index (χ4n) is 3.44. The van der Waals surface area contributed by atoms with Crippen molar-refractivity contribution in [2.75, 3.05) is 13.7 Å². The second-order valence-electron chi connectivity index (χ2n) is 5.78. The number of likely N-dealkylation sites (N-methyl/N-ethyl adjacent to an activating group) is 1. The van der Waals surface area contributed by atoms with Crippen LogP contribution >= 0.6 is 0 Å². The summed E-state index contributed by atoms with van der Waals surface area (Å²) in [6, 6.07) is 0.597. The number of hydrogen-bond donors (Lipinski definition) is 1. The number of ether oxygens (including phenoxy) is 1. The van der Waals surface area contributed by atoms with Gasteiger partial charge in [-0.3, -0.25) is 0 Å². The molecule has 1 unspecified atom stereocenters. The van der Waals surface area contributed by atoms with E-state index in [2.05, 4.69) is 26.2 Å². The Labute approximate surface area is 100 Å². The van der Waals surface area contributed by atoms with Crippen molar-refractivity contribution in [3.63, 3.8) is 0 Å². The van der Waals surface area contributed by atoms with Gasteiger partial charge >= 0.3 is 0 Å². The zero-order chi connectivity index (χ0) is 11.6.